The van der Waals surface area contributed by atoms with Gasteiger partial charge in [0.2, 0.25) is 0 Å². The summed E-state index contributed by atoms with van der Waals surface area (Å²) in [6.45, 7) is 1.27. The number of ether oxygens (including phenoxy) is 1. The lowest BCUT2D eigenvalue weighted by Gasteiger charge is -2.07. The van der Waals surface area contributed by atoms with Crippen molar-refractivity contribution in [3.05, 3.63) is 58.9 Å². The molecule has 0 atom stereocenters. The minimum atomic E-state index is -0.602. The fourth-order valence-electron chi connectivity index (χ4n) is 1.95. The Labute approximate surface area is 179 Å². The van der Waals surface area contributed by atoms with Gasteiger partial charge in [-0.15, -0.1) is 0 Å². The zero-order valence-corrected chi connectivity index (χ0v) is 18.5. The van der Waals surface area contributed by atoms with Crippen LogP contribution in [0.5, 0.6) is 11.5 Å². The molecular formula is C16H12Br3N3O5. The first-order valence-electron chi connectivity index (χ1n) is 7.27. The number of halogens is 3. The molecule has 0 heterocycles. The summed E-state index contributed by atoms with van der Waals surface area (Å²) in [5.74, 6) is -0.622. The van der Waals surface area contributed by atoms with E-state index in [4.69, 9.17) is 4.74 Å². The van der Waals surface area contributed by atoms with E-state index < -0.39 is 17.4 Å². The molecule has 0 saturated carbocycles. The van der Waals surface area contributed by atoms with Crippen LogP contribution in [0.25, 0.3) is 0 Å². The Bertz CT molecular complexity index is 934. The molecule has 2 rings (SSSR count). The molecule has 2 aromatic rings. The first-order chi connectivity index (χ1) is 12.7. The molecule has 8 nitrogen and oxygen atoms in total. The molecule has 0 aliphatic rings. The van der Waals surface area contributed by atoms with Gasteiger partial charge in [-0.1, -0.05) is 22.0 Å². The maximum absolute atomic E-state index is 11.8. The number of aryl methyl sites for hydroxylation is 1. The first-order valence-corrected chi connectivity index (χ1v) is 9.64. The molecule has 27 heavy (non-hydrogen) atoms. The van der Waals surface area contributed by atoms with Gasteiger partial charge in [-0.25, -0.2) is 5.43 Å². The topological polar surface area (TPSA) is 114 Å². The number of benzene rings is 2. The van der Waals surface area contributed by atoms with Crippen molar-refractivity contribution in [3.8, 4) is 11.5 Å². The van der Waals surface area contributed by atoms with Gasteiger partial charge in [0.05, 0.1) is 20.1 Å². The molecule has 0 unspecified atom stereocenters. The maximum Gasteiger partial charge on any atom is 0.311 e. The van der Waals surface area contributed by atoms with Crippen LogP contribution in [0.2, 0.25) is 0 Å². The molecule has 0 fully saturated rings. The third-order valence-electron chi connectivity index (χ3n) is 3.23. The second-order valence-corrected chi connectivity index (χ2v) is 7.73. The number of hydrogen-bond donors (Lipinski definition) is 2. The standard InChI is InChI=1S/C16H12Br3N3O5/c1-8-2-3-13(12(4-8)22(25)26)27-7-14(23)21-20-6-9-10(17)5-11(18)16(24)15(9)19/h2-6,24H,7H2,1H3,(H,21,23)/b20-6-. The van der Waals surface area contributed by atoms with E-state index in [9.17, 15) is 20.0 Å². The molecule has 2 aromatic carbocycles. The van der Waals surface area contributed by atoms with E-state index in [0.717, 1.165) is 0 Å². The maximum atomic E-state index is 11.8. The predicted molar refractivity (Wildman–Crippen MR) is 110 cm³/mol. The van der Waals surface area contributed by atoms with Crippen molar-refractivity contribution in [2.75, 3.05) is 6.61 Å². The van der Waals surface area contributed by atoms with Crippen molar-refractivity contribution in [3.63, 3.8) is 0 Å². The summed E-state index contributed by atoms with van der Waals surface area (Å²) in [6, 6.07) is 6.07. The Morgan fingerprint density at radius 2 is 2.04 bits per heavy atom. The van der Waals surface area contributed by atoms with E-state index >= 15 is 0 Å². The summed E-state index contributed by atoms with van der Waals surface area (Å²) < 4.78 is 6.70. The van der Waals surface area contributed by atoms with E-state index in [2.05, 4.69) is 58.3 Å². The fourth-order valence-corrected chi connectivity index (χ4v) is 4.28. The SMILES string of the molecule is Cc1ccc(OCC(=O)N/N=C\c2c(Br)cc(Br)c(O)c2Br)c([N+](=O)[O-])c1. The van der Waals surface area contributed by atoms with Gasteiger partial charge < -0.3 is 9.84 Å². The summed E-state index contributed by atoms with van der Waals surface area (Å²) in [6.07, 6.45) is 1.33. The van der Waals surface area contributed by atoms with Crippen LogP contribution in [0, 0.1) is 17.0 Å². The van der Waals surface area contributed by atoms with Crippen LogP contribution in [0.15, 0.2) is 42.8 Å². The number of phenols is 1. The summed E-state index contributed by atoms with van der Waals surface area (Å²) in [5, 5.41) is 24.7. The van der Waals surface area contributed by atoms with Gasteiger partial charge in [-0.05, 0) is 56.5 Å². The Morgan fingerprint density at radius 1 is 1.33 bits per heavy atom. The number of amides is 1. The molecule has 0 aromatic heterocycles. The summed E-state index contributed by atoms with van der Waals surface area (Å²) in [5.41, 5.74) is 3.24. The van der Waals surface area contributed by atoms with Crippen LogP contribution in [0.4, 0.5) is 5.69 Å². The normalized spacial score (nSPS) is 10.8. The minimum Gasteiger partial charge on any atom is -0.506 e. The monoisotopic (exact) mass is 563 g/mol. The van der Waals surface area contributed by atoms with Crippen molar-refractivity contribution < 1.29 is 19.6 Å². The van der Waals surface area contributed by atoms with Gasteiger partial charge in [0.1, 0.15) is 5.75 Å². The molecular weight excluding hydrogens is 554 g/mol. The molecule has 0 aliphatic heterocycles. The van der Waals surface area contributed by atoms with Gasteiger partial charge in [0.25, 0.3) is 5.91 Å². The van der Waals surface area contributed by atoms with Crippen molar-refractivity contribution in [1.82, 2.24) is 5.43 Å². The number of phenolic OH excluding ortho intramolecular Hbond substituents is 1. The largest absolute Gasteiger partial charge is 0.506 e. The Morgan fingerprint density at radius 3 is 2.70 bits per heavy atom. The number of hydrazone groups is 1. The lowest BCUT2D eigenvalue weighted by molar-refractivity contribution is -0.385. The molecule has 0 bridgehead atoms. The summed E-state index contributed by atoms with van der Waals surface area (Å²) in [4.78, 5) is 22.3. The number of aromatic hydroxyl groups is 1. The van der Waals surface area contributed by atoms with Crippen LogP contribution in [-0.2, 0) is 4.79 Å². The number of nitro groups is 1. The molecule has 11 heteroatoms. The van der Waals surface area contributed by atoms with E-state index in [0.29, 0.717) is 24.5 Å². The number of hydrogen-bond acceptors (Lipinski definition) is 6. The van der Waals surface area contributed by atoms with Gasteiger partial charge in [-0.2, -0.15) is 5.10 Å². The smallest absolute Gasteiger partial charge is 0.311 e. The minimum absolute atomic E-state index is 0.00643. The fraction of sp³-hybridized carbons (Fsp3) is 0.125. The van der Waals surface area contributed by atoms with E-state index in [-0.39, 0.29) is 17.2 Å². The van der Waals surface area contributed by atoms with Crippen molar-refractivity contribution in [1.29, 1.82) is 0 Å². The lowest BCUT2D eigenvalue weighted by Crippen LogP contribution is -2.24. The molecule has 142 valence electrons. The predicted octanol–water partition coefficient (Wildman–Crippen LogP) is 4.43. The second kappa shape index (κ2) is 9.29. The third-order valence-corrected chi connectivity index (χ3v) is 5.30. The average molecular weight is 566 g/mol. The van der Waals surface area contributed by atoms with Crippen molar-refractivity contribution >= 4 is 65.6 Å². The molecule has 0 saturated heterocycles. The highest BCUT2D eigenvalue weighted by atomic mass is 79.9. The number of nitrogens with zero attached hydrogens (tertiary/aromatic N) is 2. The van der Waals surface area contributed by atoms with E-state index in [1.165, 1.54) is 18.3 Å². The molecule has 0 aliphatic carbocycles. The number of carbonyl (C=O) groups excluding carboxylic acids is 1. The van der Waals surface area contributed by atoms with Gasteiger partial charge in [0, 0.05) is 16.1 Å². The summed E-state index contributed by atoms with van der Waals surface area (Å²) >= 11 is 9.76. The zero-order chi connectivity index (χ0) is 20.1. The summed E-state index contributed by atoms with van der Waals surface area (Å²) in [7, 11) is 0. The van der Waals surface area contributed by atoms with E-state index in [1.807, 2.05) is 0 Å². The second-order valence-electron chi connectivity index (χ2n) is 5.23. The molecule has 0 spiro atoms. The zero-order valence-electron chi connectivity index (χ0n) is 13.7. The van der Waals surface area contributed by atoms with Crippen molar-refractivity contribution in [2.45, 2.75) is 6.92 Å². The number of carbonyl (C=O) groups is 1. The Balaban J connectivity index is 2.01. The highest BCUT2D eigenvalue weighted by Gasteiger charge is 2.16. The molecule has 1 amide bonds. The molecule has 0 radical (unpaired) electrons. The van der Waals surface area contributed by atoms with Gasteiger partial charge in [0.15, 0.2) is 12.4 Å². The quantitative estimate of drug-likeness (QED) is 0.306. The van der Waals surface area contributed by atoms with Crippen molar-refractivity contribution in [2.24, 2.45) is 5.10 Å². The van der Waals surface area contributed by atoms with Gasteiger partial charge in [-0.3, -0.25) is 14.9 Å². The Kier molecular flexibility index (Phi) is 7.33. The van der Waals surface area contributed by atoms with Crippen LogP contribution in [0.1, 0.15) is 11.1 Å². The highest BCUT2D eigenvalue weighted by Crippen LogP contribution is 2.38. The van der Waals surface area contributed by atoms with Gasteiger partial charge >= 0.3 is 5.69 Å². The average Bonchev–Trinajstić information content (AvgIpc) is 2.61. The third kappa shape index (κ3) is 5.50. The number of nitrogens with one attached hydrogen (secondary N) is 1. The van der Waals surface area contributed by atoms with E-state index in [1.54, 1.807) is 19.1 Å². The van der Waals surface area contributed by atoms with Crippen LogP contribution < -0.4 is 10.2 Å². The van der Waals surface area contributed by atoms with Crippen LogP contribution in [0.3, 0.4) is 0 Å². The van der Waals surface area contributed by atoms with Crippen LogP contribution >= 0.6 is 47.8 Å². The van der Waals surface area contributed by atoms with Crippen LogP contribution in [-0.4, -0.2) is 28.8 Å². The first kappa shape index (κ1) is 21.3. The number of nitro benzene ring substituents is 1. The lowest BCUT2D eigenvalue weighted by atomic mass is 10.2. The number of rotatable bonds is 6. The molecule has 2 N–H and O–H groups in total. The Hall–Kier alpha value is -1.98. The highest BCUT2D eigenvalue weighted by molar-refractivity contribution is 9.11.